The van der Waals surface area contributed by atoms with Gasteiger partial charge in [-0.25, -0.2) is 9.97 Å². The average Bonchev–Trinajstić information content (AvgIpc) is 3.34. The predicted octanol–water partition coefficient (Wildman–Crippen LogP) is 2.37. The van der Waals surface area contributed by atoms with Gasteiger partial charge >= 0.3 is 0 Å². The Morgan fingerprint density at radius 3 is 3.04 bits per heavy atom. The second-order valence-corrected chi connectivity index (χ2v) is 7.13. The molecule has 3 aromatic heterocycles. The van der Waals surface area contributed by atoms with E-state index < -0.39 is 0 Å². The van der Waals surface area contributed by atoms with Crippen LogP contribution < -0.4 is 15.4 Å². The Morgan fingerprint density at radius 1 is 1.29 bits per heavy atom. The van der Waals surface area contributed by atoms with E-state index in [1.807, 2.05) is 42.8 Å². The molecule has 1 fully saturated rings. The Labute approximate surface area is 164 Å². The highest BCUT2D eigenvalue weighted by molar-refractivity contribution is 5.61. The first kappa shape index (κ1) is 18.6. The van der Waals surface area contributed by atoms with Gasteiger partial charge in [0.05, 0.1) is 37.0 Å². The fraction of sp³-hybridized carbons (Fsp3) is 0.450. The molecule has 0 radical (unpaired) electrons. The molecular weight excluding hydrogens is 356 g/mol. The van der Waals surface area contributed by atoms with Crippen molar-refractivity contribution in [3.8, 4) is 17.1 Å². The van der Waals surface area contributed by atoms with E-state index in [0.29, 0.717) is 19.3 Å². The molecule has 1 aliphatic heterocycles. The van der Waals surface area contributed by atoms with Crippen molar-refractivity contribution < 1.29 is 9.47 Å². The fourth-order valence-electron chi connectivity index (χ4n) is 3.23. The molecule has 8 nitrogen and oxygen atoms in total. The molecule has 1 saturated heterocycles. The van der Waals surface area contributed by atoms with Crippen LogP contribution in [0.4, 0.5) is 5.82 Å². The van der Waals surface area contributed by atoms with Crippen molar-refractivity contribution in [2.45, 2.75) is 32.4 Å². The molecule has 4 rings (SSSR count). The van der Waals surface area contributed by atoms with E-state index in [0.717, 1.165) is 48.1 Å². The number of pyridine rings is 1. The van der Waals surface area contributed by atoms with Gasteiger partial charge in [-0.2, -0.15) is 0 Å². The Morgan fingerprint density at radius 2 is 2.21 bits per heavy atom. The normalized spacial score (nSPS) is 16.8. The molecule has 0 saturated carbocycles. The number of rotatable bonds is 8. The highest BCUT2D eigenvalue weighted by Gasteiger charge is 2.15. The second-order valence-electron chi connectivity index (χ2n) is 7.13. The average molecular weight is 382 g/mol. The predicted molar refractivity (Wildman–Crippen MR) is 108 cm³/mol. The molecule has 0 aliphatic carbocycles. The van der Waals surface area contributed by atoms with Crippen LogP contribution in [-0.2, 0) is 4.74 Å². The summed E-state index contributed by atoms with van der Waals surface area (Å²) in [6.45, 7) is 7.08. The summed E-state index contributed by atoms with van der Waals surface area (Å²) in [7, 11) is 0. The molecule has 148 valence electrons. The first-order valence-corrected chi connectivity index (χ1v) is 9.70. The van der Waals surface area contributed by atoms with Crippen LogP contribution in [0.15, 0.2) is 36.9 Å². The van der Waals surface area contributed by atoms with E-state index in [2.05, 4.69) is 20.6 Å². The Bertz CT molecular complexity index is 920. The van der Waals surface area contributed by atoms with Crippen LogP contribution >= 0.6 is 0 Å². The molecule has 0 spiro atoms. The molecule has 0 aromatic carbocycles. The summed E-state index contributed by atoms with van der Waals surface area (Å²) >= 11 is 0. The van der Waals surface area contributed by atoms with Crippen LogP contribution in [0.3, 0.4) is 0 Å². The van der Waals surface area contributed by atoms with Crippen molar-refractivity contribution in [1.82, 2.24) is 24.7 Å². The quantitative estimate of drug-likeness (QED) is 0.579. The van der Waals surface area contributed by atoms with Crippen LogP contribution in [0.1, 0.15) is 20.3 Å². The second kappa shape index (κ2) is 8.53. The number of imidazole rings is 1. The largest absolute Gasteiger partial charge is 0.491 e. The zero-order valence-electron chi connectivity index (χ0n) is 16.3. The Kier molecular flexibility index (Phi) is 5.68. The monoisotopic (exact) mass is 382 g/mol. The van der Waals surface area contributed by atoms with Gasteiger partial charge in [-0.1, -0.05) is 0 Å². The molecule has 0 bridgehead atoms. The van der Waals surface area contributed by atoms with Gasteiger partial charge in [-0.05, 0) is 32.9 Å². The zero-order valence-corrected chi connectivity index (χ0v) is 16.3. The topological polar surface area (TPSA) is 85.6 Å². The fourth-order valence-corrected chi connectivity index (χ4v) is 3.23. The van der Waals surface area contributed by atoms with Gasteiger partial charge in [-0.15, -0.1) is 0 Å². The number of ether oxygens (including phenoxy) is 2. The minimum atomic E-state index is 0.206. The minimum Gasteiger partial charge on any atom is -0.491 e. The number of aromatic nitrogens is 4. The number of nitrogens with zero attached hydrogens (tertiary/aromatic N) is 4. The molecule has 4 heterocycles. The summed E-state index contributed by atoms with van der Waals surface area (Å²) < 4.78 is 13.2. The maximum Gasteiger partial charge on any atom is 0.145 e. The maximum absolute atomic E-state index is 5.75. The van der Waals surface area contributed by atoms with Gasteiger partial charge < -0.3 is 20.1 Å². The Hall–Kier alpha value is -2.71. The summed E-state index contributed by atoms with van der Waals surface area (Å²) in [5, 5.41) is 6.78. The van der Waals surface area contributed by atoms with Crippen molar-refractivity contribution in [2.75, 3.05) is 31.6 Å². The smallest absolute Gasteiger partial charge is 0.145 e. The van der Waals surface area contributed by atoms with Crippen molar-refractivity contribution >= 4 is 11.5 Å². The molecule has 1 unspecified atom stereocenters. The lowest BCUT2D eigenvalue weighted by atomic mass is 10.2. The third-order valence-electron chi connectivity index (χ3n) is 4.60. The van der Waals surface area contributed by atoms with Gasteiger partial charge in [-0.3, -0.25) is 9.38 Å². The number of fused-ring (bicyclic) bond motifs is 1. The van der Waals surface area contributed by atoms with Crippen molar-refractivity contribution in [1.29, 1.82) is 0 Å². The minimum absolute atomic E-state index is 0.206. The summed E-state index contributed by atoms with van der Waals surface area (Å²) in [6.07, 6.45) is 8.57. The lowest BCUT2D eigenvalue weighted by molar-refractivity contribution is 0.0553. The van der Waals surface area contributed by atoms with Crippen molar-refractivity contribution in [3.05, 3.63) is 36.9 Å². The maximum atomic E-state index is 5.75. The molecule has 1 aliphatic rings. The van der Waals surface area contributed by atoms with E-state index in [1.165, 1.54) is 0 Å². The van der Waals surface area contributed by atoms with E-state index in [1.54, 1.807) is 12.4 Å². The number of hydrogen-bond acceptors (Lipinski definition) is 7. The lowest BCUT2D eigenvalue weighted by Crippen LogP contribution is -2.22. The third-order valence-corrected chi connectivity index (χ3v) is 4.60. The number of anilines is 1. The first-order chi connectivity index (χ1) is 13.7. The van der Waals surface area contributed by atoms with Gasteiger partial charge in [0.2, 0.25) is 0 Å². The van der Waals surface area contributed by atoms with Crippen LogP contribution in [0.2, 0.25) is 0 Å². The highest BCUT2D eigenvalue weighted by atomic mass is 16.5. The summed E-state index contributed by atoms with van der Waals surface area (Å²) in [6, 6.07) is 4.23. The SMILES string of the molecule is CC(C)OCCOc1ccn2c(-c3cncc(NC4CCNC4)n3)cnc2c1. The van der Waals surface area contributed by atoms with Gasteiger partial charge in [0.1, 0.15) is 29.5 Å². The Balaban J connectivity index is 1.48. The van der Waals surface area contributed by atoms with Crippen molar-refractivity contribution in [3.63, 3.8) is 0 Å². The molecular formula is C20H26N6O2. The summed E-state index contributed by atoms with van der Waals surface area (Å²) in [5.41, 5.74) is 2.48. The van der Waals surface area contributed by atoms with E-state index in [-0.39, 0.29) is 6.10 Å². The molecule has 8 heteroatoms. The zero-order chi connectivity index (χ0) is 19.3. The number of nitrogens with one attached hydrogen (secondary N) is 2. The number of hydrogen-bond donors (Lipinski definition) is 2. The van der Waals surface area contributed by atoms with E-state index in [9.17, 15) is 0 Å². The van der Waals surface area contributed by atoms with Crippen LogP contribution in [0.5, 0.6) is 5.75 Å². The molecule has 0 amide bonds. The van der Waals surface area contributed by atoms with E-state index >= 15 is 0 Å². The van der Waals surface area contributed by atoms with Crippen LogP contribution in [0.25, 0.3) is 17.0 Å². The highest BCUT2D eigenvalue weighted by Crippen LogP contribution is 2.22. The van der Waals surface area contributed by atoms with Crippen LogP contribution in [-0.4, -0.2) is 57.8 Å². The summed E-state index contributed by atoms with van der Waals surface area (Å²) in [5.74, 6) is 1.55. The van der Waals surface area contributed by atoms with Gasteiger partial charge in [0, 0.05) is 24.8 Å². The first-order valence-electron chi connectivity index (χ1n) is 9.70. The van der Waals surface area contributed by atoms with Crippen molar-refractivity contribution in [2.24, 2.45) is 0 Å². The van der Waals surface area contributed by atoms with Gasteiger partial charge in [0.25, 0.3) is 0 Å². The lowest BCUT2D eigenvalue weighted by Gasteiger charge is -2.12. The molecule has 3 aromatic rings. The standard InChI is InChI=1S/C20H26N6O2/c1-14(2)27-7-8-28-16-4-6-26-18(12-23-20(26)9-16)17-11-22-13-19(25-17)24-15-3-5-21-10-15/h4,6,9,11-15,21H,3,5,7-8,10H2,1-2H3,(H,24,25). The molecule has 1 atom stereocenters. The van der Waals surface area contributed by atoms with Crippen LogP contribution in [0, 0.1) is 0 Å². The molecule has 2 N–H and O–H groups in total. The summed E-state index contributed by atoms with van der Waals surface area (Å²) in [4.78, 5) is 13.6. The van der Waals surface area contributed by atoms with Gasteiger partial charge in [0.15, 0.2) is 0 Å². The third kappa shape index (κ3) is 4.40. The molecule has 28 heavy (non-hydrogen) atoms. The van der Waals surface area contributed by atoms with E-state index in [4.69, 9.17) is 14.5 Å².